The number of fused-ring (bicyclic) bond motifs is 1. The molecule has 0 saturated carbocycles. The van der Waals surface area contributed by atoms with E-state index in [0.717, 1.165) is 9.94 Å². The Labute approximate surface area is 128 Å². The number of benzene rings is 2. The molecule has 0 radical (unpaired) electrons. The monoisotopic (exact) mass is 332 g/mol. The molecular weight excluding hydrogens is 315 g/mol. The molecule has 0 amide bonds. The zero-order chi connectivity index (χ0) is 14.5. The Morgan fingerprint density at radius 3 is 2.20 bits per heavy atom. The van der Waals surface area contributed by atoms with Crippen LogP contribution in [-0.2, 0) is 9.31 Å². The molecule has 20 heavy (non-hydrogen) atoms. The minimum Gasteiger partial charge on any atom is -0.399 e. The Hall–Kier alpha value is -0.835. The second kappa shape index (κ2) is 4.59. The highest BCUT2D eigenvalue weighted by atomic mass is 79.9. The van der Waals surface area contributed by atoms with Crippen LogP contribution in [-0.4, -0.2) is 18.3 Å². The fourth-order valence-electron chi connectivity index (χ4n) is 2.40. The normalized spacial score (nSPS) is 20.6. The van der Waals surface area contributed by atoms with E-state index in [9.17, 15) is 0 Å². The Morgan fingerprint density at radius 2 is 1.55 bits per heavy atom. The molecule has 0 atom stereocenters. The summed E-state index contributed by atoms with van der Waals surface area (Å²) in [4.78, 5) is 0. The van der Waals surface area contributed by atoms with Crippen LogP contribution in [0.15, 0.2) is 40.9 Å². The van der Waals surface area contributed by atoms with Crippen molar-refractivity contribution in [2.24, 2.45) is 0 Å². The first kappa shape index (κ1) is 14.1. The van der Waals surface area contributed by atoms with Crippen molar-refractivity contribution < 1.29 is 9.31 Å². The average Bonchev–Trinajstić information content (AvgIpc) is 2.58. The van der Waals surface area contributed by atoms with Crippen LogP contribution in [0.2, 0.25) is 0 Å². The summed E-state index contributed by atoms with van der Waals surface area (Å²) in [6.45, 7) is 8.29. The number of hydrogen-bond acceptors (Lipinski definition) is 2. The SMILES string of the molecule is CC1(C)OB(c2cc(Br)c3ccccc3c2)OC1(C)C. The molecule has 0 bridgehead atoms. The highest BCUT2D eigenvalue weighted by Crippen LogP contribution is 2.37. The van der Waals surface area contributed by atoms with Crippen LogP contribution in [0.25, 0.3) is 10.8 Å². The van der Waals surface area contributed by atoms with Crippen molar-refractivity contribution >= 4 is 39.3 Å². The van der Waals surface area contributed by atoms with Gasteiger partial charge >= 0.3 is 7.12 Å². The fraction of sp³-hybridized carbons (Fsp3) is 0.375. The van der Waals surface area contributed by atoms with Gasteiger partial charge in [-0.3, -0.25) is 0 Å². The molecule has 2 aromatic rings. The number of hydrogen-bond donors (Lipinski definition) is 0. The molecule has 0 aliphatic carbocycles. The third kappa shape index (κ3) is 2.20. The van der Waals surface area contributed by atoms with E-state index in [2.05, 4.69) is 67.9 Å². The van der Waals surface area contributed by atoms with Crippen molar-refractivity contribution in [1.29, 1.82) is 0 Å². The van der Waals surface area contributed by atoms with E-state index in [0.29, 0.717) is 0 Å². The van der Waals surface area contributed by atoms with E-state index in [1.54, 1.807) is 0 Å². The first-order valence-electron chi connectivity index (χ1n) is 6.84. The second-order valence-electron chi connectivity index (χ2n) is 6.31. The first-order valence-corrected chi connectivity index (χ1v) is 7.63. The van der Waals surface area contributed by atoms with E-state index in [1.165, 1.54) is 10.8 Å². The van der Waals surface area contributed by atoms with Gasteiger partial charge in [-0.2, -0.15) is 0 Å². The summed E-state index contributed by atoms with van der Waals surface area (Å²) in [5, 5.41) is 2.39. The van der Waals surface area contributed by atoms with Gasteiger partial charge in [-0.15, -0.1) is 0 Å². The summed E-state index contributed by atoms with van der Waals surface area (Å²) >= 11 is 3.64. The van der Waals surface area contributed by atoms with Gasteiger partial charge < -0.3 is 9.31 Å². The first-order chi connectivity index (χ1) is 9.30. The zero-order valence-corrected chi connectivity index (χ0v) is 13.8. The molecule has 1 aliphatic rings. The molecule has 1 saturated heterocycles. The van der Waals surface area contributed by atoms with Crippen molar-refractivity contribution in [3.63, 3.8) is 0 Å². The third-order valence-corrected chi connectivity index (χ3v) is 5.02. The predicted octanol–water partition coefficient (Wildman–Crippen LogP) is 3.90. The zero-order valence-electron chi connectivity index (χ0n) is 12.2. The van der Waals surface area contributed by atoms with Crippen molar-refractivity contribution in [2.45, 2.75) is 38.9 Å². The van der Waals surface area contributed by atoms with Crippen molar-refractivity contribution in [3.8, 4) is 0 Å². The van der Waals surface area contributed by atoms with Gasteiger partial charge in [0.05, 0.1) is 11.2 Å². The molecule has 2 aromatic carbocycles. The summed E-state index contributed by atoms with van der Waals surface area (Å²) in [6.07, 6.45) is 0. The molecule has 1 aliphatic heterocycles. The van der Waals surface area contributed by atoms with Gasteiger partial charge in [0.25, 0.3) is 0 Å². The average molecular weight is 333 g/mol. The van der Waals surface area contributed by atoms with Gasteiger partial charge in [0.2, 0.25) is 0 Å². The lowest BCUT2D eigenvalue weighted by molar-refractivity contribution is 0.00578. The topological polar surface area (TPSA) is 18.5 Å². The van der Waals surface area contributed by atoms with E-state index in [4.69, 9.17) is 9.31 Å². The van der Waals surface area contributed by atoms with E-state index < -0.39 is 0 Å². The quantitative estimate of drug-likeness (QED) is 0.737. The van der Waals surface area contributed by atoms with Gasteiger partial charge in [0.1, 0.15) is 0 Å². The lowest BCUT2D eigenvalue weighted by Gasteiger charge is -2.32. The summed E-state index contributed by atoms with van der Waals surface area (Å²) in [6, 6.07) is 12.5. The van der Waals surface area contributed by atoms with Crippen LogP contribution in [0.1, 0.15) is 27.7 Å². The van der Waals surface area contributed by atoms with Gasteiger partial charge in [-0.25, -0.2) is 0 Å². The second-order valence-corrected chi connectivity index (χ2v) is 7.17. The van der Waals surface area contributed by atoms with Gasteiger partial charge in [0.15, 0.2) is 0 Å². The maximum absolute atomic E-state index is 6.11. The minimum absolute atomic E-state index is 0.310. The predicted molar refractivity (Wildman–Crippen MR) is 87.4 cm³/mol. The Balaban J connectivity index is 2.04. The largest absolute Gasteiger partial charge is 0.494 e. The molecule has 1 fully saturated rings. The van der Waals surface area contributed by atoms with Crippen molar-refractivity contribution in [2.75, 3.05) is 0 Å². The van der Waals surface area contributed by atoms with Crippen LogP contribution >= 0.6 is 15.9 Å². The highest BCUT2D eigenvalue weighted by molar-refractivity contribution is 9.10. The maximum atomic E-state index is 6.11. The molecular formula is C16H18BBrO2. The van der Waals surface area contributed by atoms with Crippen LogP contribution in [0.5, 0.6) is 0 Å². The van der Waals surface area contributed by atoms with E-state index in [-0.39, 0.29) is 18.3 Å². The van der Waals surface area contributed by atoms with Gasteiger partial charge in [0, 0.05) is 4.47 Å². The molecule has 0 N–H and O–H groups in total. The highest BCUT2D eigenvalue weighted by Gasteiger charge is 2.51. The molecule has 4 heteroatoms. The summed E-state index contributed by atoms with van der Waals surface area (Å²) in [5.41, 5.74) is 0.431. The Kier molecular flexibility index (Phi) is 3.24. The van der Waals surface area contributed by atoms with Crippen LogP contribution in [0, 0.1) is 0 Å². The molecule has 0 unspecified atom stereocenters. The van der Waals surface area contributed by atoms with Crippen molar-refractivity contribution in [3.05, 3.63) is 40.9 Å². The Morgan fingerprint density at radius 1 is 0.950 bits per heavy atom. The summed E-state index contributed by atoms with van der Waals surface area (Å²) in [7, 11) is -0.319. The number of halogens is 1. The van der Waals surface area contributed by atoms with Gasteiger partial charge in [-0.05, 0) is 50.0 Å². The number of rotatable bonds is 1. The third-order valence-electron chi connectivity index (χ3n) is 4.36. The lowest BCUT2D eigenvalue weighted by atomic mass is 9.78. The Bertz CT molecular complexity index is 651. The smallest absolute Gasteiger partial charge is 0.399 e. The minimum atomic E-state index is -0.319. The molecule has 0 aromatic heterocycles. The molecule has 3 rings (SSSR count). The lowest BCUT2D eigenvalue weighted by Crippen LogP contribution is -2.41. The molecule has 104 valence electrons. The van der Waals surface area contributed by atoms with Gasteiger partial charge in [-0.1, -0.05) is 46.3 Å². The summed E-state index contributed by atoms with van der Waals surface area (Å²) in [5.74, 6) is 0. The molecule has 2 nitrogen and oxygen atoms in total. The van der Waals surface area contributed by atoms with Crippen LogP contribution in [0.3, 0.4) is 0 Å². The maximum Gasteiger partial charge on any atom is 0.494 e. The standard InChI is InChI=1S/C16H18BBrO2/c1-15(2)16(3,4)20-17(19-15)12-9-11-7-5-6-8-13(11)14(18)10-12/h5-10H,1-4H3. The van der Waals surface area contributed by atoms with Crippen molar-refractivity contribution in [1.82, 2.24) is 0 Å². The molecule has 0 spiro atoms. The van der Waals surface area contributed by atoms with E-state index >= 15 is 0 Å². The van der Waals surface area contributed by atoms with E-state index in [1.807, 2.05) is 12.1 Å². The van der Waals surface area contributed by atoms with Crippen LogP contribution < -0.4 is 5.46 Å². The van der Waals surface area contributed by atoms with Crippen LogP contribution in [0.4, 0.5) is 0 Å². The molecule has 1 heterocycles. The summed E-state index contributed by atoms with van der Waals surface area (Å²) < 4.78 is 13.3. The fourth-order valence-corrected chi connectivity index (χ4v) is 3.03.